The van der Waals surface area contributed by atoms with E-state index in [0.29, 0.717) is 36.6 Å². The summed E-state index contributed by atoms with van der Waals surface area (Å²) in [5.74, 6) is 0.360. The summed E-state index contributed by atoms with van der Waals surface area (Å²) in [4.78, 5) is 31.7. The van der Waals surface area contributed by atoms with Crippen LogP contribution in [0, 0.1) is 11.3 Å². The van der Waals surface area contributed by atoms with E-state index in [1.54, 1.807) is 34.1 Å². The third kappa shape index (κ3) is 5.25. The molecule has 0 bridgehead atoms. The van der Waals surface area contributed by atoms with Crippen LogP contribution in [0.15, 0.2) is 47.8 Å². The number of hydrazone groups is 1. The number of fused-ring (bicyclic) bond motifs is 2. The zero-order valence-electron chi connectivity index (χ0n) is 22.9. The predicted molar refractivity (Wildman–Crippen MR) is 146 cm³/mol. The highest BCUT2D eigenvalue weighted by molar-refractivity contribution is 6.01. The molecule has 1 aliphatic heterocycles. The van der Waals surface area contributed by atoms with E-state index in [2.05, 4.69) is 16.2 Å². The zero-order chi connectivity index (χ0) is 27.7. The van der Waals surface area contributed by atoms with Crippen LogP contribution in [0.3, 0.4) is 0 Å². The molecule has 9 nitrogen and oxygen atoms in total. The third-order valence-corrected chi connectivity index (χ3v) is 6.60. The first kappa shape index (κ1) is 26.9. The van der Waals surface area contributed by atoms with E-state index >= 15 is 0 Å². The van der Waals surface area contributed by atoms with Crippen molar-refractivity contribution in [3.05, 3.63) is 65.1 Å². The minimum absolute atomic E-state index is 0.0368. The molecular formula is C29H34N6O3. The molecule has 0 fully saturated rings. The van der Waals surface area contributed by atoms with Gasteiger partial charge >= 0.3 is 5.97 Å². The standard InChI is InChI=1S/C29H34N6O3/c1-7-35(26-24-13-11-21(18-30)33(24)16-14-31-26)32-19-20-10-12-22-23(17-20)29(5,6)34(27(22)37)15-8-9-25(36)38-28(2,3)4/h10-14,16-17,19H,7-9,15H2,1-6H3/b32-19+. The Balaban J connectivity index is 1.51. The lowest BCUT2D eigenvalue weighted by molar-refractivity contribution is -0.155. The number of rotatable bonds is 8. The molecule has 1 amide bonds. The summed E-state index contributed by atoms with van der Waals surface area (Å²) in [6.07, 6.45) is 5.96. The molecule has 4 rings (SSSR count). The average Bonchev–Trinajstić information content (AvgIpc) is 3.36. The SMILES string of the molecule is CCN(/N=C/c1ccc2c(c1)C(C)(C)N(CCCC(=O)OC(C)(C)C)C2=O)c1nccn2c(C#N)ccc12. The number of nitriles is 1. The van der Waals surface area contributed by atoms with E-state index in [-0.39, 0.29) is 18.3 Å². The largest absolute Gasteiger partial charge is 0.460 e. The van der Waals surface area contributed by atoms with E-state index in [1.807, 2.05) is 70.7 Å². The van der Waals surface area contributed by atoms with Gasteiger partial charge in [-0.25, -0.2) is 9.99 Å². The van der Waals surface area contributed by atoms with Crippen LogP contribution in [-0.2, 0) is 15.1 Å². The van der Waals surface area contributed by atoms with Gasteiger partial charge in [0.05, 0.1) is 17.3 Å². The minimum atomic E-state index is -0.526. The molecule has 3 heterocycles. The first-order valence-electron chi connectivity index (χ1n) is 12.8. The fraction of sp³-hybridized carbons (Fsp3) is 0.414. The average molecular weight is 515 g/mol. The van der Waals surface area contributed by atoms with Crippen molar-refractivity contribution < 1.29 is 14.3 Å². The van der Waals surface area contributed by atoms with Gasteiger partial charge in [-0.05, 0) is 83.4 Å². The minimum Gasteiger partial charge on any atom is -0.460 e. The topological polar surface area (TPSA) is 103 Å². The van der Waals surface area contributed by atoms with Crippen molar-refractivity contribution in [1.82, 2.24) is 14.3 Å². The fourth-order valence-electron chi connectivity index (χ4n) is 4.77. The van der Waals surface area contributed by atoms with Crippen LogP contribution in [-0.4, -0.2) is 51.1 Å². The number of nitrogens with zero attached hydrogens (tertiary/aromatic N) is 6. The van der Waals surface area contributed by atoms with Gasteiger partial charge in [-0.3, -0.25) is 9.59 Å². The quantitative estimate of drug-likeness (QED) is 0.241. The van der Waals surface area contributed by atoms with Crippen molar-refractivity contribution in [2.75, 3.05) is 18.1 Å². The van der Waals surface area contributed by atoms with Gasteiger partial charge in [0.15, 0.2) is 5.82 Å². The van der Waals surface area contributed by atoms with Gasteiger partial charge in [0.1, 0.15) is 17.4 Å². The van der Waals surface area contributed by atoms with Gasteiger partial charge in [-0.2, -0.15) is 10.4 Å². The third-order valence-electron chi connectivity index (χ3n) is 6.60. The Morgan fingerprint density at radius 2 is 2.03 bits per heavy atom. The Morgan fingerprint density at radius 1 is 1.26 bits per heavy atom. The van der Waals surface area contributed by atoms with Crippen LogP contribution in [0.4, 0.5) is 5.82 Å². The lowest BCUT2D eigenvalue weighted by Crippen LogP contribution is -2.40. The van der Waals surface area contributed by atoms with Crippen molar-refractivity contribution in [3.63, 3.8) is 0 Å². The number of benzene rings is 1. The number of anilines is 1. The van der Waals surface area contributed by atoms with E-state index < -0.39 is 11.1 Å². The monoisotopic (exact) mass is 514 g/mol. The van der Waals surface area contributed by atoms with Crippen molar-refractivity contribution in [1.29, 1.82) is 5.26 Å². The second-order valence-electron chi connectivity index (χ2n) is 10.8. The molecule has 0 radical (unpaired) electrons. The molecule has 0 saturated carbocycles. The lowest BCUT2D eigenvalue weighted by atomic mass is 9.92. The highest BCUT2D eigenvalue weighted by Gasteiger charge is 2.42. The Kier molecular flexibility index (Phi) is 7.27. The molecule has 0 aliphatic carbocycles. The Bertz CT molecular complexity index is 1440. The predicted octanol–water partition coefficient (Wildman–Crippen LogP) is 4.88. The molecule has 38 heavy (non-hydrogen) atoms. The lowest BCUT2D eigenvalue weighted by Gasteiger charge is -2.32. The van der Waals surface area contributed by atoms with E-state index in [4.69, 9.17) is 4.74 Å². The smallest absolute Gasteiger partial charge is 0.306 e. The van der Waals surface area contributed by atoms with Gasteiger partial charge in [-0.1, -0.05) is 6.07 Å². The maximum Gasteiger partial charge on any atom is 0.306 e. The summed E-state index contributed by atoms with van der Waals surface area (Å²) in [5, 5.41) is 15.8. The van der Waals surface area contributed by atoms with Crippen LogP contribution in [0.5, 0.6) is 0 Å². The highest BCUT2D eigenvalue weighted by Crippen LogP contribution is 2.39. The molecular weight excluding hydrogens is 480 g/mol. The molecule has 0 spiro atoms. The molecule has 9 heteroatoms. The summed E-state index contributed by atoms with van der Waals surface area (Å²) in [7, 11) is 0. The van der Waals surface area contributed by atoms with E-state index in [9.17, 15) is 14.9 Å². The van der Waals surface area contributed by atoms with Crippen molar-refractivity contribution in [3.8, 4) is 6.07 Å². The fourth-order valence-corrected chi connectivity index (χ4v) is 4.77. The van der Waals surface area contributed by atoms with Crippen LogP contribution < -0.4 is 5.01 Å². The summed E-state index contributed by atoms with van der Waals surface area (Å²) in [6, 6.07) is 11.5. The van der Waals surface area contributed by atoms with Crippen molar-refractivity contribution >= 4 is 29.4 Å². The molecule has 2 aromatic heterocycles. The summed E-state index contributed by atoms with van der Waals surface area (Å²) in [6.45, 7) is 12.6. The van der Waals surface area contributed by atoms with Gasteiger partial charge in [0.2, 0.25) is 0 Å². The van der Waals surface area contributed by atoms with E-state index in [1.165, 1.54) is 0 Å². The van der Waals surface area contributed by atoms with E-state index in [0.717, 1.165) is 16.6 Å². The molecule has 3 aromatic rings. The number of hydrogen-bond acceptors (Lipinski definition) is 7. The first-order chi connectivity index (χ1) is 18.0. The molecule has 0 unspecified atom stereocenters. The molecule has 0 saturated heterocycles. The number of carbonyl (C=O) groups excluding carboxylic acids is 2. The summed E-state index contributed by atoms with van der Waals surface area (Å²) < 4.78 is 7.19. The highest BCUT2D eigenvalue weighted by atomic mass is 16.6. The van der Waals surface area contributed by atoms with Crippen LogP contribution in [0.1, 0.15) is 81.6 Å². The number of amides is 1. The van der Waals surface area contributed by atoms with Crippen molar-refractivity contribution in [2.24, 2.45) is 5.10 Å². The molecule has 1 aromatic carbocycles. The Labute approximate surface area is 223 Å². The van der Waals surface area contributed by atoms with Gasteiger partial charge in [0.25, 0.3) is 5.91 Å². The van der Waals surface area contributed by atoms with Gasteiger partial charge < -0.3 is 14.0 Å². The van der Waals surface area contributed by atoms with Crippen LogP contribution in [0.25, 0.3) is 5.52 Å². The first-order valence-corrected chi connectivity index (χ1v) is 12.8. The Morgan fingerprint density at radius 3 is 2.71 bits per heavy atom. The number of esters is 1. The van der Waals surface area contributed by atoms with Crippen molar-refractivity contribution in [2.45, 2.75) is 65.5 Å². The maximum absolute atomic E-state index is 13.2. The number of carbonyl (C=O) groups is 2. The van der Waals surface area contributed by atoms with Gasteiger partial charge in [-0.15, -0.1) is 0 Å². The maximum atomic E-state index is 13.2. The Hall–Kier alpha value is -4.19. The number of aromatic nitrogens is 2. The molecule has 0 N–H and O–H groups in total. The number of ether oxygens (including phenoxy) is 1. The molecule has 1 aliphatic rings. The molecule has 198 valence electrons. The normalized spacial score (nSPS) is 14.7. The number of hydrogen-bond donors (Lipinski definition) is 0. The van der Waals surface area contributed by atoms with Gasteiger partial charge in [0, 0.05) is 37.5 Å². The molecule has 0 atom stereocenters. The second-order valence-corrected chi connectivity index (χ2v) is 10.8. The van der Waals surface area contributed by atoms with Crippen LogP contribution >= 0.6 is 0 Å². The summed E-state index contributed by atoms with van der Waals surface area (Å²) >= 11 is 0. The zero-order valence-corrected chi connectivity index (χ0v) is 22.9. The summed E-state index contributed by atoms with van der Waals surface area (Å²) in [5.41, 5.74) is 2.74. The van der Waals surface area contributed by atoms with Crippen LogP contribution in [0.2, 0.25) is 0 Å². The second kappa shape index (κ2) is 10.3.